The molecule has 0 aromatic carbocycles. The molecule has 0 saturated carbocycles. The first-order valence-corrected chi connectivity index (χ1v) is 2.60. The smallest absolute Gasteiger partial charge is 0.323 e. The van der Waals surface area contributed by atoms with Crippen molar-refractivity contribution < 1.29 is 15.0 Å². The summed E-state index contributed by atoms with van der Waals surface area (Å²) in [5.74, 6) is -0.975. The molecule has 0 fully saturated rings. The van der Waals surface area contributed by atoms with Gasteiger partial charge in [0.1, 0.15) is 5.54 Å². The van der Waals surface area contributed by atoms with Crippen LogP contribution in [-0.4, -0.2) is 28.5 Å². The van der Waals surface area contributed by atoms with Crippen molar-refractivity contribution in [2.45, 2.75) is 19.4 Å². The van der Waals surface area contributed by atoms with Gasteiger partial charge in [0, 0.05) is 0 Å². The number of nitrogens with one attached hydrogen (secondary N) is 1. The van der Waals surface area contributed by atoms with Crippen molar-refractivity contribution in [1.29, 1.82) is 0 Å². The molecule has 0 bridgehead atoms. The van der Waals surface area contributed by atoms with Crippen molar-refractivity contribution in [3.63, 3.8) is 0 Å². The van der Waals surface area contributed by atoms with Gasteiger partial charge in [0.05, 0.1) is 6.73 Å². The summed E-state index contributed by atoms with van der Waals surface area (Å²) in [5, 5.41) is 19.1. The van der Waals surface area contributed by atoms with E-state index in [1.165, 1.54) is 13.8 Å². The van der Waals surface area contributed by atoms with Gasteiger partial charge in [0.15, 0.2) is 0 Å². The molecule has 0 unspecified atom stereocenters. The number of aliphatic hydroxyl groups is 1. The Kier molecular flexibility index (Phi) is 2.61. The maximum absolute atomic E-state index is 10.2. The van der Waals surface area contributed by atoms with E-state index in [0.29, 0.717) is 0 Å². The number of carbonyl (C=O) groups is 1. The largest absolute Gasteiger partial charge is 0.480 e. The summed E-state index contributed by atoms with van der Waals surface area (Å²) in [5.41, 5.74) is -1.03. The summed E-state index contributed by atoms with van der Waals surface area (Å²) in [4.78, 5) is 10.2. The molecule has 0 aromatic rings. The fourth-order valence-electron chi connectivity index (χ4n) is 0.273. The summed E-state index contributed by atoms with van der Waals surface area (Å²) >= 11 is 0. The first kappa shape index (κ1) is 8.39. The molecule has 0 amide bonds. The van der Waals surface area contributed by atoms with E-state index < -0.39 is 11.5 Å². The Balaban J connectivity index is 3.85. The SMILES string of the molecule is CC(C)(NCO)C(=O)O. The quantitative estimate of drug-likeness (QED) is 0.449. The normalized spacial score (nSPS) is 11.4. The van der Waals surface area contributed by atoms with Crippen molar-refractivity contribution in [2.75, 3.05) is 6.73 Å². The van der Waals surface area contributed by atoms with Crippen molar-refractivity contribution in [3.8, 4) is 0 Å². The monoisotopic (exact) mass is 133 g/mol. The van der Waals surface area contributed by atoms with Crippen LogP contribution in [0.1, 0.15) is 13.8 Å². The van der Waals surface area contributed by atoms with Crippen molar-refractivity contribution >= 4 is 5.97 Å². The van der Waals surface area contributed by atoms with Gasteiger partial charge in [-0.3, -0.25) is 10.1 Å². The van der Waals surface area contributed by atoms with E-state index in [1.807, 2.05) is 0 Å². The van der Waals surface area contributed by atoms with Gasteiger partial charge in [-0.25, -0.2) is 0 Å². The molecule has 0 rings (SSSR count). The summed E-state index contributed by atoms with van der Waals surface area (Å²) in [6, 6.07) is 0. The van der Waals surface area contributed by atoms with Crippen LogP contribution in [0.25, 0.3) is 0 Å². The van der Waals surface area contributed by atoms with Gasteiger partial charge in [-0.05, 0) is 13.8 Å². The van der Waals surface area contributed by atoms with E-state index in [4.69, 9.17) is 10.2 Å². The molecule has 4 nitrogen and oxygen atoms in total. The lowest BCUT2D eigenvalue weighted by Gasteiger charge is -2.18. The maximum Gasteiger partial charge on any atom is 0.323 e. The third kappa shape index (κ3) is 2.43. The topological polar surface area (TPSA) is 69.6 Å². The van der Waals surface area contributed by atoms with Crippen molar-refractivity contribution in [3.05, 3.63) is 0 Å². The Morgan fingerprint density at radius 2 is 2.11 bits per heavy atom. The molecule has 4 heteroatoms. The third-order valence-corrected chi connectivity index (χ3v) is 1.06. The number of carboxylic acids is 1. The minimum Gasteiger partial charge on any atom is -0.480 e. The molecule has 3 N–H and O–H groups in total. The predicted octanol–water partition coefficient (Wildman–Crippen LogP) is -0.611. The average Bonchev–Trinajstić information content (AvgIpc) is 1.65. The van der Waals surface area contributed by atoms with Gasteiger partial charge < -0.3 is 10.2 Å². The molecule has 0 aliphatic rings. The van der Waals surface area contributed by atoms with Gasteiger partial charge in [-0.15, -0.1) is 0 Å². The van der Waals surface area contributed by atoms with Gasteiger partial charge in [-0.2, -0.15) is 0 Å². The third-order valence-electron chi connectivity index (χ3n) is 1.06. The maximum atomic E-state index is 10.2. The van der Waals surface area contributed by atoms with Crippen LogP contribution < -0.4 is 5.32 Å². The number of hydrogen-bond acceptors (Lipinski definition) is 3. The summed E-state index contributed by atoms with van der Waals surface area (Å²) in [6.45, 7) is 2.64. The number of rotatable bonds is 3. The molecule has 54 valence electrons. The number of aliphatic carboxylic acids is 1. The van der Waals surface area contributed by atoms with Gasteiger partial charge in [-0.1, -0.05) is 0 Å². The summed E-state index contributed by atoms with van der Waals surface area (Å²) in [6.07, 6.45) is 0. The van der Waals surface area contributed by atoms with Crippen LogP contribution in [0, 0.1) is 0 Å². The van der Waals surface area contributed by atoms with Crippen LogP contribution in [0.2, 0.25) is 0 Å². The second kappa shape index (κ2) is 2.80. The highest BCUT2D eigenvalue weighted by atomic mass is 16.4. The predicted molar refractivity (Wildman–Crippen MR) is 31.9 cm³/mol. The highest BCUT2D eigenvalue weighted by Crippen LogP contribution is 1.99. The Hall–Kier alpha value is -0.610. The fourth-order valence-corrected chi connectivity index (χ4v) is 0.273. The summed E-state index contributed by atoms with van der Waals surface area (Å²) < 4.78 is 0. The van der Waals surface area contributed by atoms with Crippen LogP contribution in [0.3, 0.4) is 0 Å². The molecule has 0 heterocycles. The molecule has 0 aliphatic heterocycles. The standard InChI is InChI=1S/C5H11NO3/c1-5(2,4(8)9)6-3-7/h6-7H,3H2,1-2H3,(H,8,9). The fraction of sp³-hybridized carbons (Fsp3) is 0.800. The van der Waals surface area contributed by atoms with E-state index in [0.717, 1.165) is 0 Å². The molecule has 0 radical (unpaired) electrons. The Morgan fingerprint density at radius 3 is 2.22 bits per heavy atom. The van der Waals surface area contributed by atoms with Crippen molar-refractivity contribution in [2.24, 2.45) is 0 Å². The Morgan fingerprint density at radius 1 is 1.67 bits per heavy atom. The van der Waals surface area contributed by atoms with E-state index >= 15 is 0 Å². The zero-order valence-corrected chi connectivity index (χ0v) is 5.51. The molecule has 0 spiro atoms. The van der Waals surface area contributed by atoms with Crippen LogP contribution in [0.4, 0.5) is 0 Å². The van der Waals surface area contributed by atoms with Crippen LogP contribution in [0.5, 0.6) is 0 Å². The number of hydrogen-bond donors (Lipinski definition) is 3. The highest BCUT2D eigenvalue weighted by molar-refractivity contribution is 5.77. The van der Waals surface area contributed by atoms with Crippen LogP contribution >= 0.6 is 0 Å². The number of carboxylic acid groups (broad SMARTS) is 1. The second-order valence-corrected chi connectivity index (χ2v) is 2.27. The van der Waals surface area contributed by atoms with E-state index in [2.05, 4.69) is 5.32 Å². The molecule has 0 aromatic heterocycles. The van der Waals surface area contributed by atoms with E-state index in [-0.39, 0.29) is 6.73 Å². The molecule has 9 heavy (non-hydrogen) atoms. The summed E-state index contributed by atoms with van der Waals surface area (Å²) in [7, 11) is 0. The second-order valence-electron chi connectivity index (χ2n) is 2.27. The molecule has 0 atom stereocenters. The average molecular weight is 133 g/mol. The zero-order valence-electron chi connectivity index (χ0n) is 5.51. The van der Waals surface area contributed by atoms with Crippen molar-refractivity contribution in [1.82, 2.24) is 5.32 Å². The minimum absolute atomic E-state index is 0.320. The van der Waals surface area contributed by atoms with Gasteiger partial charge in [0.25, 0.3) is 0 Å². The first-order valence-electron chi connectivity index (χ1n) is 2.60. The van der Waals surface area contributed by atoms with Gasteiger partial charge >= 0.3 is 5.97 Å². The molecular formula is C5H11NO3. The molecule has 0 saturated heterocycles. The lowest BCUT2D eigenvalue weighted by atomic mass is 10.1. The number of aliphatic hydroxyl groups excluding tert-OH is 1. The lowest BCUT2D eigenvalue weighted by molar-refractivity contribution is -0.144. The Bertz CT molecular complexity index is 111. The van der Waals surface area contributed by atoms with Crippen LogP contribution in [-0.2, 0) is 4.79 Å². The Labute approximate surface area is 53.5 Å². The van der Waals surface area contributed by atoms with E-state index in [1.54, 1.807) is 0 Å². The molecular weight excluding hydrogens is 122 g/mol. The van der Waals surface area contributed by atoms with Crippen LogP contribution in [0.15, 0.2) is 0 Å². The highest BCUT2D eigenvalue weighted by Gasteiger charge is 2.25. The first-order chi connectivity index (χ1) is 4.00. The van der Waals surface area contributed by atoms with E-state index in [9.17, 15) is 4.79 Å². The van der Waals surface area contributed by atoms with Gasteiger partial charge in [0.2, 0.25) is 0 Å². The minimum atomic E-state index is -1.03. The lowest BCUT2D eigenvalue weighted by Crippen LogP contribution is -2.46. The molecule has 0 aliphatic carbocycles. The zero-order chi connectivity index (χ0) is 7.49.